The molecule has 1 rings (SSSR count). The maximum atomic E-state index is 8.45. The minimum Gasteiger partial charge on any atom is -0.444 e. The zero-order valence-corrected chi connectivity index (χ0v) is 8.16. The summed E-state index contributed by atoms with van der Waals surface area (Å²) >= 11 is 0. The van der Waals surface area contributed by atoms with Crippen LogP contribution in [-0.2, 0) is 6.54 Å². The molecule has 0 aliphatic rings. The van der Waals surface area contributed by atoms with Crippen molar-refractivity contribution in [3.63, 3.8) is 0 Å². The fourth-order valence-electron chi connectivity index (χ4n) is 1.14. The standard InChI is InChI=1S/C9H13N3O/c1-7-9(13-8(2)11-7)6-12(3)5-4-10/h5-6H2,1-3H3. The van der Waals surface area contributed by atoms with Crippen molar-refractivity contribution in [2.45, 2.75) is 20.4 Å². The monoisotopic (exact) mass is 179 g/mol. The average Bonchev–Trinajstić information content (AvgIpc) is 2.30. The Balaban J connectivity index is 2.64. The highest BCUT2D eigenvalue weighted by molar-refractivity contribution is 5.07. The van der Waals surface area contributed by atoms with E-state index in [1.165, 1.54) is 0 Å². The van der Waals surface area contributed by atoms with E-state index >= 15 is 0 Å². The summed E-state index contributed by atoms with van der Waals surface area (Å²) in [7, 11) is 1.88. The molecule has 0 saturated heterocycles. The van der Waals surface area contributed by atoms with E-state index in [2.05, 4.69) is 11.1 Å². The quantitative estimate of drug-likeness (QED) is 0.655. The van der Waals surface area contributed by atoms with Gasteiger partial charge in [-0.1, -0.05) is 0 Å². The molecule has 70 valence electrons. The second-order valence-corrected chi connectivity index (χ2v) is 3.07. The van der Waals surface area contributed by atoms with Gasteiger partial charge in [-0.2, -0.15) is 5.26 Å². The first-order valence-electron chi connectivity index (χ1n) is 4.12. The van der Waals surface area contributed by atoms with Crippen molar-refractivity contribution in [2.24, 2.45) is 0 Å². The van der Waals surface area contributed by atoms with Crippen LogP contribution in [-0.4, -0.2) is 23.5 Å². The Hall–Kier alpha value is -1.34. The van der Waals surface area contributed by atoms with Crippen LogP contribution in [0.25, 0.3) is 0 Å². The zero-order valence-electron chi connectivity index (χ0n) is 8.16. The summed E-state index contributed by atoms with van der Waals surface area (Å²) in [6.07, 6.45) is 0. The fraction of sp³-hybridized carbons (Fsp3) is 0.556. The maximum Gasteiger partial charge on any atom is 0.191 e. The molecule has 1 aromatic rings. The average molecular weight is 179 g/mol. The minimum atomic E-state index is 0.402. The molecule has 1 aromatic heterocycles. The predicted octanol–water partition coefficient (Wildman–Crippen LogP) is 1.25. The van der Waals surface area contributed by atoms with Gasteiger partial charge in [0.15, 0.2) is 5.89 Å². The smallest absolute Gasteiger partial charge is 0.191 e. The van der Waals surface area contributed by atoms with Crippen molar-refractivity contribution in [3.05, 3.63) is 17.3 Å². The van der Waals surface area contributed by atoms with Crippen LogP contribution in [0.1, 0.15) is 17.3 Å². The number of nitriles is 1. The van der Waals surface area contributed by atoms with E-state index in [0.29, 0.717) is 19.0 Å². The van der Waals surface area contributed by atoms with Crippen molar-refractivity contribution < 1.29 is 4.42 Å². The predicted molar refractivity (Wildman–Crippen MR) is 47.9 cm³/mol. The van der Waals surface area contributed by atoms with Gasteiger partial charge in [-0.25, -0.2) is 4.98 Å². The Labute approximate surface area is 77.8 Å². The van der Waals surface area contributed by atoms with Crippen molar-refractivity contribution in [3.8, 4) is 6.07 Å². The van der Waals surface area contributed by atoms with Gasteiger partial charge in [-0.05, 0) is 14.0 Å². The number of aromatic nitrogens is 1. The Morgan fingerprint density at radius 1 is 1.54 bits per heavy atom. The fourth-order valence-corrected chi connectivity index (χ4v) is 1.14. The van der Waals surface area contributed by atoms with Gasteiger partial charge < -0.3 is 4.42 Å². The third kappa shape index (κ3) is 2.56. The van der Waals surface area contributed by atoms with Gasteiger partial charge in [0.2, 0.25) is 0 Å². The molecular formula is C9H13N3O. The van der Waals surface area contributed by atoms with Crippen LogP contribution < -0.4 is 0 Å². The molecule has 1 heterocycles. The first-order valence-corrected chi connectivity index (χ1v) is 4.12. The first-order chi connectivity index (χ1) is 6.13. The van der Waals surface area contributed by atoms with E-state index in [4.69, 9.17) is 9.68 Å². The molecule has 0 fully saturated rings. The van der Waals surface area contributed by atoms with Gasteiger partial charge in [0.25, 0.3) is 0 Å². The Bertz CT molecular complexity index is 324. The maximum absolute atomic E-state index is 8.45. The second-order valence-electron chi connectivity index (χ2n) is 3.07. The summed E-state index contributed by atoms with van der Waals surface area (Å²) < 4.78 is 5.37. The normalized spacial score (nSPS) is 10.4. The van der Waals surface area contributed by atoms with Crippen LogP contribution in [0, 0.1) is 25.2 Å². The molecule has 4 nitrogen and oxygen atoms in total. The van der Waals surface area contributed by atoms with Crippen molar-refractivity contribution in [1.82, 2.24) is 9.88 Å². The van der Waals surface area contributed by atoms with Crippen molar-refractivity contribution in [1.29, 1.82) is 5.26 Å². The molecule has 4 heteroatoms. The highest BCUT2D eigenvalue weighted by Gasteiger charge is 2.08. The molecule has 0 N–H and O–H groups in total. The number of aryl methyl sites for hydroxylation is 2. The van der Waals surface area contributed by atoms with Crippen molar-refractivity contribution >= 4 is 0 Å². The zero-order chi connectivity index (χ0) is 9.84. The number of rotatable bonds is 3. The van der Waals surface area contributed by atoms with Gasteiger partial charge in [-0.3, -0.25) is 4.90 Å². The largest absolute Gasteiger partial charge is 0.444 e. The van der Waals surface area contributed by atoms with Gasteiger partial charge in [0, 0.05) is 6.92 Å². The van der Waals surface area contributed by atoms with E-state index in [1.807, 2.05) is 25.8 Å². The lowest BCUT2D eigenvalue weighted by molar-refractivity contribution is 0.320. The SMILES string of the molecule is Cc1nc(C)c(CN(C)CC#N)o1. The second kappa shape index (κ2) is 4.06. The number of nitrogens with zero attached hydrogens (tertiary/aromatic N) is 3. The van der Waals surface area contributed by atoms with Gasteiger partial charge >= 0.3 is 0 Å². The molecule has 0 aliphatic carbocycles. The lowest BCUT2D eigenvalue weighted by atomic mass is 10.3. The summed E-state index contributed by atoms with van der Waals surface area (Å²) in [4.78, 5) is 6.03. The molecule has 0 spiro atoms. The summed E-state index contributed by atoms with van der Waals surface area (Å²) in [6, 6.07) is 2.08. The van der Waals surface area contributed by atoms with E-state index in [1.54, 1.807) is 0 Å². The van der Waals surface area contributed by atoms with Crippen LogP contribution in [0.4, 0.5) is 0 Å². The molecule has 0 atom stereocenters. The molecule has 0 bridgehead atoms. The summed E-state index contributed by atoms with van der Waals surface area (Å²) in [5, 5.41) is 8.45. The Kier molecular flexibility index (Phi) is 3.04. The lowest BCUT2D eigenvalue weighted by Crippen LogP contribution is -2.17. The Morgan fingerprint density at radius 2 is 2.23 bits per heavy atom. The molecule has 0 radical (unpaired) electrons. The summed E-state index contributed by atoms with van der Waals surface area (Å²) in [5.41, 5.74) is 0.905. The highest BCUT2D eigenvalue weighted by atomic mass is 16.4. The molecule has 0 aliphatic heterocycles. The molecule has 13 heavy (non-hydrogen) atoms. The lowest BCUT2D eigenvalue weighted by Gasteiger charge is -2.09. The minimum absolute atomic E-state index is 0.402. The van der Waals surface area contributed by atoms with Gasteiger partial charge in [0.1, 0.15) is 5.76 Å². The van der Waals surface area contributed by atoms with Crippen LogP contribution in [0.2, 0.25) is 0 Å². The van der Waals surface area contributed by atoms with Crippen LogP contribution in [0.15, 0.2) is 4.42 Å². The number of hydrogen-bond donors (Lipinski definition) is 0. The van der Waals surface area contributed by atoms with Crippen LogP contribution in [0.5, 0.6) is 0 Å². The van der Waals surface area contributed by atoms with Gasteiger partial charge in [-0.15, -0.1) is 0 Å². The highest BCUT2D eigenvalue weighted by Crippen LogP contribution is 2.10. The van der Waals surface area contributed by atoms with E-state index in [9.17, 15) is 0 Å². The Morgan fingerprint density at radius 3 is 2.69 bits per heavy atom. The van der Waals surface area contributed by atoms with E-state index in [0.717, 1.165) is 11.5 Å². The molecule has 0 amide bonds. The van der Waals surface area contributed by atoms with Gasteiger partial charge in [0.05, 0.1) is 24.9 Å². The number of hydrogen-bond acceptors (Lipinski definition) is 4. The topological polar surface area (TPSA) is 53.1 Å². The van der Waals surface area contributed by atoms with E-state index in [-0.39, 0.29) is 0 Å². The van der Waals surface area contributed by atoms with Crippen molar-refractivity contribution in [2.75, 3.05) is 13.6 Å². The third-order valence-corrected chi connectivity index (χ3v) is 1.75. The van der Waals surface area contributed by atoms with Crippen LogP contribution >= 0.6 is 0 Å². The number of oxazole rings is 1. The first kappa shape index (κ1) is 9.75. The third-order valence-electron chi connectivity index (χ3n) is 1.75. The summed E-state index contributed by atoms with van der Waals surface area (Å²) in [6.45, 7) is 4.77. The van der Waals surface area contributed by atoms with E-state index < -0.39 is 0 Å². The molecular weight excluding hydrogens is 166 g/mol. The molecule has 0 aromatic carbocycles. The van der Waals surface area contributed by atoms with Crippen LogP contribution in [0.3, 0.4) is 0 Å². The molecule has 0 saturated carbocycles. The molecule has 0 unspecified atom stereocenters. The summed E-state index contributed by atoms with van der Waals surface area (Å²) in [5.74, 6) is 1.52.